The van der Waals surface area contributed by atoms with Gasteiger partial charge in [0.2, 0.25) is 0 Å². The first kappa shape index (κ1) is 18.7. The minimum absolute atomic E-state index is 0.197. The summed E-state index contributed by atoms with van der Waals surface area (Å²) in [6.07, 6.45) is 0. The van der Waals surface area contributed by atoms with Crippen molar-refractivity contribution in [1.29, 1.82) is 0 Å². The van der Waals surface area contributed by atoms with Crippen molar-refractivity contribution in [2.45, 2.75) is 0 Å². The summed E-state index contributed by atoms with van der Waals surface area (Å²) < 4.78 is 5.86. The molecule has 0 bridgehead atoms. The Morgan fingerprint density at radius 1 is 1.04 bits per heavy atom. The monoisotopic (exact) mass is 436 g/mol. The van der Waals surface area contributed by atoms with Crippen LogP contribution in [0.1, 0.15) is 10.4 Å². The Kier molecular flexibility index (Phi) is 6.16. The molecule has 0 aromatic heterocycles. The number of piperazine rings is 1. The fourth-order valence-electron chi connectivity index (χ4n) is 2.80. The predicted molar refractivity (Wildman–Crippen MR) is 105 cm³/mol. The second-order valence-electron chi connectivity index (χ2n) is 5.90. The van der Waals surface area contributed by atoms with E-state index in [-0.39, 0.29) is 18.1 Å². The molecule has 0 aliphatic carbocycles. The second-order valence-corrected chi connectivity index (χ2v) is 7.23. The molecule has 5 nitrogen and oxygen atoms in total. The van der Waals surface area contributed by atoms with Crippen LogP contribution in [0.4, 0.5) is 5.69 Å². The van der Waals surface area contributed by atoms with Gasteiger partial charge in [0, 0.05) is 36.3 Å². The van der Waals surface area contributed by atoms with Crippen LogP contribution in [-0.4, -0.2) is 49.6 Å². The topological polar surface area (TPSA) is 49.9 Å². The molecule has 26 heavy (non-hydrogen) atoms. The van der Waals surface area contributed by atoms with Gasteiger partial charge >= 0.3 is 5.97 Å². The van der Waals surface area contributed by atoms with Crippen LogP contribution < -0.4 is 4.90 Å². The molecule has 1 amide bonds. The van der Waals surface area contributed by atoms with Crippen molar-refractivity contribution in [1.82, 2.24) is 4.90 Å². The fraction of sp³-hybridized carbons (Fsp3) is 0.263. The Balaban J connectivity index is 1.50. The summed E-state index contributed by atoms with van der Waals surface area (Å²) in [6, 6.07) is 15.0. The van der Waals surface area contributed by atoms with Crippen molar-refractivity contribution in [3.63, 3.8) is 0 Å². The van der Waals surface area contributed by atoms with Crippen LogP contribution in [0.3, 0.4) is 0 Å². The lowest BCUT2D eigenvalue weighted by molar-refractivity contribution is -0.134. The van der Waals surface area contributed by atoms with Crippen molar-refractivity contribution in [2.75, 3.05) is 37.7 Å². The molecular formula is C19H18BrClN2O3. The van der Waals surface area contributed by atoms with E-state index in [2.05, 4.69) is 33.0 Å². The van der Waals surface area contributed by atoms with Gasteiger partial charge in [-0.15, -0.1) is 0 Å². The van der Waals surface area contributed by atoms with E-state index in [4.69, 9.17) is 16.3 Å². The average Bonchev–Trinajstić information content (AvgIpc) is 2.68. The van der Waals surface area contributed by atoms with Gasteiger partial charge in [0.05, 0.1) is 10.6 Å². The summed E-state index contributed by atoms with van der Waals surface area (Å²) in [6.45, 7) is 2.42. The molecule has 1 heterocycles. The van der Waals surface area contributed by atoms with E-state index in [1.54, 1.807) is 23.1 Å². The number of hydrogen-bond acceptors (Lipinski definition) is 4. The number of ether oxygens (including phenoxy) is 1. The molecule has 2 aromatic carbocycles. The van der Waals surface area contributed by atoms with Gasteiger partial charge in [0.1, 0.15) is 0 Å². The molecule has 0 saturated carbocycles. The lowest BCUT2D eigenvalue weighted by Gasteiger charge is -2.36. The van der Waals surface area contributed by atoms with Gasteiger partial charge in [0.15, 0.2) is 6.61 Å². The zero-order valence-corrected chi connectivity index (χ0v) is 16.4. The van der Waals surface area contributed by atoms with E-state index in [0.29, 0.717) is 18.1 Å². The highest BCUT2D eigenvalue weighted by molar-refractivity contribution is 9.10. The average molecular weight is 438 g/mol. The number of rotatable bonds is 4. The van der Waals surface area contributed by atoms with E-state index in [1.165, 1.54) is 0 Å². The molecule has 136 valence electrons. The third-order valence-electron chi connectivity index (χ3n) is 4.23. The van der Waals surface area contributed by atoms with E-state index < -0.39 is 5.97 Å². The molecule has 0 N–H and O–H groups in total. The van der Waals surface area contributed by atoms with Crippen LogP contribution in [0.15, 0.2) is 53.0 Å². The largest absolute Gasteiger partial charge is 0.452 e. The maximum absolute atomic E-state index is 12.3. The van der Waals surface area contributed by atoms with E-state index in [0.717, 1.165) is 23.2 Å². The Morgan fingerprint density at radius 3 is 2.42 bits per heavy atom. The summed E-state index contributed by atoms with van der Waals surface area (Å²) in [4.78, 5) is 28.4. The van der Waals surface area contributed by atoms with Gasteiger partial charge in [-0.2, -0.15) is 0 Å². The first-order valence-corrected chi connectivity index (χ1v) is 9.41. The molecule has 3 rings (SSSR count). The lowest BCUT2D eigenvalue weighted by Crippen LogP contribution is -2.49. The number of benzene rings is 2. The van der Waals surface area contributed by atoms with Crippen molar-refractivity contribution in [3.8, 4) is 0 Å². The molecule has 1 saturated heterocycles. The summed E-state index contributed by atoms with van der Waals surface area (Å²) in [7, 11) is 0. The highest BCUT2D eigenvalue weighted by Gasteiger charge is 2.22. The molecule has 0 radical (unpaired) electrons. The molecule has 2 aromatic rings. The van der Waals surface area contributed by atoms with Crippen molar-refractivity contribution in [3.05, 3.63) is 63.6 Å². The third kappa shape index (κ3) is 4.56. The molecule has 1 fully saturated rings. The summed E-state index contributed by atoms with van der Waals surface area (Å²) in [5.41, 5.74) is 1.39. The smallest absolute Gasteiger partial charge is 0.340 e. The number of nitrogens with zero attached hydrogens (tertiary/aromatic N) is 2. The molecule has 0 spiro atoms. The lowest BCUT2D eigenvalue weighted by atomic mass is 10.2. The van der Waals surface area contributed by atoms with Crippen LogP contribution in [0.5, 0.6) is 0 Å². The van der Waals surface area contributed by atoms with Crippen molar-refractivity contribution < 1.29 is 14.3 Å². The van der Waals surface area contributed by atoms with Crippen LogP contribution in [0, 0.1) is 0 Å². The number of anilines is 1. The number of halogens is 2. The van der Waals surface area contributed by atoms with Gasteiger partial charge in [-0.3, -0.25) is 4.79 Å². The number of hydrogen-bond donors (Lipinski definition) is 0. The molecule has 7 heteroatoms. The maximum Gasteiger partial charge on any atom is 0.340 e. The third-order valence-corrected chi connectivity index (χ3v) is 5.05. The standard InChI is InChI=1S/C19H18BrClN2O3/c20-14-6-7-17(21)16(12-14)19(25)26-13-18(24)23-10-8-22(9-11-23)15-4-2-1-3-5-15/h1-7,12H,8-11,13H2. The molecule has 0 atom stereocenters. The Labute approximate surface area is 165 Å². The summed E-state index contributed by atoms with van der Waals surface area (Å²) >= 11 is 9.29. The maximum atomic E-state index is 12.3. The Bertz CT molecular complexity index is 793. The predicted octanol–water partition coefficient (Wildman–Crippen LogP) is 3.61. The highest BCUT2D eigenvalue weighted by atomic mass is 79.9. The zero-order chi connectivity index (χ0) is 18.5. The SMILES string of the molecule is O=C(OCC(=O)N1CCN(c2ccccc2)CC1)c1cc(Br)ccc1Cl. The minimum atomic E-state index is -0.604. The van der Waals surface area contributed by atoms with E-state index in [9.17, 15) is 9.59 Å². The van der Waals surface area contributed by atoms with Crippen LogP contribution in [0.25, 0.3) is 0 Å². The van der Waals surface area contributed by atoms with Crippen molar-refractivity contribution >= 4 is 45.1 Å². The fourth-order valence-corrected chi connectivity index (χ4v) is 3.36. The zero-order valence-electron chi connectivity index (χ0n) is 14.0. The Morgan fingerprint density at radius 2 is 1.73 bits per heavy atom. The van der Waals surface area contributed by atoms with Crippen molar-refractivity contribution in [2.24, 2.45) is 0 Å². The molecular weight excluding hydrogens is 420 g/mol. The highest BCUT2D eigenvalue weighted by Crippen LogP contribution is 2.22. The van der Waals surface area contributed by atoms with E-state index in [1.807, 2.05) is 18.2 Å². The van der Waals surface area contributed by atoms with Crippen LogP contribution in [0.2, 0.25) is 5.02 Å². The van der Waals surface area contributed by atoms with Gasteiger partial charge in [-0.1, -0.05) is 45.7 Å². The molecule has 0 unspecified atom stereocenters. The van der Waals surface area contributed by atoms with Crippen LogP contribution >= 0.6 is 27.5 Å². The number of amides is 1. The number of carbonyl (C=O) groups is 2. The van der Waals surface area contributed by atoms with E-state index >= 15 is 0 Å². The second kappa shape index (κ2) is 8.56. The van der Waals surface area contributed by atoms with Gasteiger partial charge < -0.3 is 14.5 Å². The number of para-hydroxylation sites is 1. The minimum Gasteiger partial charge on any atom is -0.452 e. The normalized spacial score (nSPS) is 14.2. The van der Waals surface area contributed by atoms with Crippen LogP contribution in [-0.2, 0) is 9.53 Å². The first-order chi connectivity index (χ1) is 12.5. The number of carbonyl (C=O) groups excluding carboxylic acids is 2. The molecule has 1 aliphatic heterocycles. The first-order valence-electron chi connectivity index (χ1n) is 8.24. The van der Waals surface area contributed by atoms with Gasteiger partial charge in [0.25, 0.3) is 5.91 Å². The van der Waals surface area contributed by atoms with Gasteiger partial charge in [-0.05, 0) is 30.3 Å². The quantitative estimate of drug-likeness (QED) is 0.686. The summed E-state index contributed by atoms with van der Waals surface area (Å²) in [5, 5.41) is 0.294. The number of esters is 1. The summed E-state index contributed by atoms with van der Waals surface area (Å²) in [5.74, 6) is -0.801. The Hall–Kier alpha value is -2.05. The molecule has 1 aliphatic rings. The van der Waals surface area contributed by atoms with Gasteiger partial charge in [-0.25, -0.2) is 4.79 Å².